The highest BCUT2D eigenvalue weighted by molar-refractivity contribution is 6.29. The van der Waals surface area contributed by atoms with Crippen molar-refractivity contribution in [3.63, 3.8) is 0 Å². The monoisotopic (exact) mass is 390 g/mol. The van der Waals surface area contributed by atoms with Crippen LogP contribution in [-0.2, 0) is 0 Å². The molecule has 1 aliphatic heterocycles. The van der Waals surface area contributed by atoms with Crippen LogP contribution in [0.4, 0.5) is 5.82 Å². The molecule has 1 aromatic heterocycles. The highest BCUT2D eigenvalue weighted by Gasteiger charge is 2.24. The molecule has 1 fully saturated rings. The normalized spacial score (nSPS) is 14.7. The van der Waals surface area contributed by atoms with Crippen LogP contribution in [-0.4, -0.2) is 54.1 Å². The Morgan fingerprint density at radius 3 is 2.48 bits per heavy atom. The highest BCUT2D eigenvalue weighted by Crippen LogP contribution is 2.28. The van der Waals surface area contributed by atoms with Crippen molar-refractivity contribution in [1.82, 2.24) is 14.9 Å². The Balaban J connectivity index is 1.61. The minimum Gasteiger partial charge on any atom is -0.493 e. The third kappa shape index (κ3) is 4.60. The van der Waals surface area contributed by atoms with Crippen molar-refractivity contribution in [2.45, 2.75) is 25.8 Å². The maximum absolute atomic E-state index is 12.8. The first kappa shape index (κ1) is 19.2. The maximum Gasteiger partial charge on any atom is 0.253 e. The van der Waals surface area contributed by atoms with E-state index in [-0.39, 0.29) is 11.9 Å². The van der Waals surface area contributed by atoms with E-state index in [0.717, 1.165) is 18.7 Å². The Hall–Kier alpha value is -2.54. The predicted octanol–water partition coefficient (Wildman–Crippen LogP) is 3.17. The van der Waals surface area contributed by atoms with E-state index in [1.54, 1.807) is 38.5 Å². The first-order chi connectivity index (χ1) is 13.0. The summed E-state index contributed by atoms with van der Waals surface area (Å²) >= 11 is 5.98. The molecule has 1 amide bonds. The number of anilines is 1. The summed E-state index contributed by atoms with van der Waals surface area (Å²) in [6, 6.07) is 7.19. The largest absolute Gasteiger partial charge is 0.493 e. The molecule has 27 heavy (non-hydrogen) atoms. The number of carbonyl (C=O) groups is 1. The van der Waals surface area contributed by atoms with Crippen LogP contribution in [0.1, 0.15) is 29.0 Å². The molecule has 1 saturated heterocycles. The summed E-state index contributed by atoms with van der Waals surface area (Å²) in [5.74, 6) is 2.50. The predicted molar refractivity (Wildman–Crippen MR) is 104 cm³/mol. The summed E-state index contributed by atoms with van der Waals surface area (Å²) in [7, 11) is 3.13. The van der Waals surface area contributed by atoms with E-state index in [1.807, 2.05) is 11.8 Å². The molecule has 3 rings (SSSR count). The molecule has 0 saturated carbocycles. The van der Waals surface area contributed by atoms with Crippen molar-refractivity contribution in [3.05, 3.63) is 40.8 Å². The van der Waals surface area contributed by atoms with Gasteiger partial charge < -0.3 is 19.7 Å². The number of hydrogen-bond donors (Lipinski definition) is 1. The van der Waals surface area contributed by atoms with Crippen molar-refractivity contribution in [1.29, 1.82) is 0 Å². The number of carbonyl (C=O) groups excluding carboxylic acids is 1. The van der Waals surface area contributed by atoms with Gasteiger partial charge in [-0.25, -0.2) is 9.97 Å². The average molecular weight is 391 g/mol. The lowest BCUT2D eigenvalue weighted by Gasteiger charge is -2.32. The van der Waals surface area contributed by atoms with Crippen molar-refractivity contribution in [2.75, 3.05) is 32.6 Å². The molecule has 1 N–H and O–H groups in total. The standard InChI is InChI=1S/C19H23ClN4O3/c1-12-21-17(20)11-18(22-12)23-14-6-8-24(9-7-14)19(25)13-4-5-15(26-2)16(10-13)27-3/h4-5,10-11,14H,6-9H2,1-3H3,(H,21,22,23). The second kappa shape index (κ2) is 8.43. The van der Waals surface area contributed by atoms with Gasteiger partial charge in [0.05, 0.1) is 14.2 Å². The number of ether oxygens (including phenoxy) is 2. The molecule has 0 aliphatic carbocycles. The average Bonchev–Trinajstić information content (AvgIpc) is 2.66. The van der Waals surface area contributed by atoms with Crippen LogP contribution in [0.2, 0.25) is 5.15 Å². The molecule has 2 heterocycles. The summed E-state index contributed by atoms with van der Waals surface area (Å²) in [6.45, 7) is 3.15. The number of methoxy groups -OCH3 is 2. The zero-order valence-corrected chi connectivity index (χ0v) is 16.4. The minimum atomic E-state index is -0.00433. The lowest BCUT2D eigenvalue weighted by molar-refractivity contribution is 0.0718. The molecular weight excluding hydrogens is 368 g/mol. The van der Waals surface area contributed by atoms with Gasteiger partial charge in [-0.2, -0.15) is 0 Å². The van der Waals surface area contributed by atoms with Gasteiger partial charge in [-0.3, -0.25) is 4.79 Å². The molecule has 7 nitrogen and oxygen atoms in total. The van der Waals surface area contributed by atoms with Crippen molar-refractivity contribution < 1.29 is 14.3 Å². The smallest absolute Gasteiger partial charge is 0.253 e. The summed E-state index contributed by atoms with van der Waals surface area (Å²) in [5, 5.41) is 3.81. The van der Waals surface area contributed by atoms with Crippen LogP contribution < -0.4 is 14.8 Å². The summed E-state index contributed by atoms with van der Waals surface area (Å²) in [6.07, 6.45) is 1.67. The van der Waals surface area contributed by atoms with Gasteiger partial charge in [0.15, 0.2) is 11.5 Å². The Morgan fingerprint density at radius 2 is 1.85 bits per heavy atom. The number of benzene rings is 1. The molecule has 1 aliphatic rings. The van der Waals surface area contributed by atoms with Gasteiger partial charge in [-0.1, -0.05) is 11.6 Å². The van der Waals surface area contributed by atoms with Crippen LogP contribution >= 0.6 is 11.6 Å². The van der Waals surface area contributed by atoms with Crippen LogP contribution in [0.5, 0.6) is 11.5 Å². The van der Waals surface area contributed by atoms with Gasteiger partial charge in [0.2, 0.25) is 0 Å². The molecule has 0 radical (unpaired) electrons. The molecule has 8 heteroatoms. The number of likely N-dealkylation sites (tertiary alicyclic amines) is 1. The third-order valence-corrected chi connectivity index (χ3v) is 4.76. The molecule has 2 aromatic rings. The number of aromatic nitrogens is 2. The third-order valence-electron chi connectivity index (χ3n) is 4.57. The fourth-order valence-corrected chi connectivity index (χ4v) is 3.42. The Labute approximate surface area is 163 Å². The van der Waals surface area contributed by atoms with E-state index >= 15 is 0 Å². The number of halogens is 1. The van der Waals surface area contributed by atoms with Crippen molar-refractivity contribution in [3.8, 4) is 11.5 Å². The van der Waals surface area contributed by atoms with Gasteiger partial charge in [0, 0.05) is 30.8 Å². The number of aryl methyl sites for hydroxylation is 1. The van der Waals surface area contributed by atoms with E-state index in [4.69, 9.17) is 21.1 Å². The second-order valence-electron chi connectivity index (χ2n) is 6.40. The van der Waals surface area contributed by atoms with E-state index in [9.17, 15) is 4.79 Å². The van der Waals surface area contributed by atoms with Crippen LogP contribution in [0.15, 0.2) is 24.3 Å². The second-order valence-corrected chi connectivity index (χ2v) is 6.79. The summed E-state index contributed by atoms with van der Waals surface area (Å²) < 4.78 is 10.5. The van der Waals surface area contributed by atoms with Gasteiger partial charge in [0.25, 0.3) is 5.91 Å². The van der Waals surface area contributed by atoms with Crippen LogP contribution in [0, 0.1) is 6.92 Å². The molecule has 0 bridgehead atoms. The number of hydrogen-bond acceptors (Lipinski definition) is 6. The summed E-state index contributed by atoms with van der Waals surface area (Å²) in [5.41, 5.74) is 0.595. The lowest BCUT2D eigenvalue weighted by atomic mass is 10.0. The first-order valence-corrected chi connectivity index (χ1v) is 9.17. The number of nitrogens with zero attached hydrogens (tertiary/aromatic N) is 3. The summed E-state index contributed by atoms with van der Waals surface area (Å²) in [4.78, 5) is 23.1. The first-order valence-electron chi connectivity index (χ1n) is 8.79. The molecule has 0 atom stereocenters. The fraction of sp³-hybridized carbons (Fsp3) is 0.421. The van der Waals surface area contributed by atoms with Gasteiger partial charge in [-0.05, 0) is 38.0 Å². The molecule has 0 unspecified atom stereocenters. The minimum absolute atomic E-state index is 0.00433. The number of nitrogens with one attached hydrogen (secondary N) is 1. The Morgan fingerprint density at radius 1 is 1.15 bits per heavy atom. The SMILES string of the molecule is COc1ccc(C(=O)N2CCC(Nc3cc(Cl)nc(C)n3)CC2)cc1OC. The number of amides is 1. The van der Waals surface area contributed by atoms with Crippen molar-refractivity contribution in [2.24, 2.45) is 0 Å². The van der Waals surface area contributed by atoms with E-state index in [2.05, 4.69) is 15.3 Å². The molecule has 1 aromatic carbocycles. The number of rotatable bonds is 5. The van der Waals surface area contributed by atoms with E-state index in [0.29, 0.717) is 41.1 Å². The van der Waals surface area contributed by atoms with Gasteiger partial charge in [0.1, 0.15) is 16.8 Å². The molecular formula is C19H23ClN4O3. The van der Waals surface area contributed by atoms with Gasteiger partial charge >= 0.3 is 0 Å². The zero-order chi connectivity index (χ0) is 19.4. The van der Waals surface area contributed by atoms with E-state index < -0.39 is 0 Å². The van der Waals surface area contributed by atoms with E-state index in [1.165, 1.54) is 0 Å². The topological polar surface area (TPSA) is 76.6 Å². The van der Waals surface area contributed by atoms with Crippen LogP contribution in [0.3, 0.4) is 0 Å². The Bertz CT molecular complexity index is 802. The maximum atomic E-state index is 12.8. The quantitative estimate of drug-likeness (QED) is 0.790. The molecule has 0 spiro atoms. The zero-order valence-electron chi connectivity index (χ0n) is 15.7. The lowest BCUT2D eigenvalue weighted by Crippen LogP contribution is -2.42. The Kier molecular flexibility index (Phi) is 6.01. The number of piperidine rings is 1. The van der Waals surface area contributed by atoms with Crippen molar-refractivity contribution >= 4 is 23.3 Å². The fourth-order valence-electron chi connectivity index (χ4n) is 3.19. The van der Waals surface area contributed by atoms with Crippen LogP contribution in [0.25, 0.3) is 0 Å². The van der Waals surface area contributed by atoms with Gasteiger partial charge in [-0.15, -0.1) is 0 Å². The highest BCUT2D eigenvalue weighted by atomic mass is 35.5. The molecule has 144 valence electrons.